The number of unbranched alkanes of at least 4 members (excludes halogenated alkanes) is 4. The average Bonchev–Trinajstić information content (AvgIpc) is 2.16. The van der Waals surface area contributed by atoms with Gasteiger partial charge in [0.1, 0.15) is 6.29 Å². The van der Waals surface area contributed by atoms with Gasteiger partial charge >= 0.3 is 0 Å². The molecule has 0 aliphatic rings. The second kappa shape index (κ2) is 11.2. The fourth-order valence-corrected chi connectivity index (χ4v) is 1.14. The SMILES string of the molecule is CCC=CCCCCCC=CC=O. The van der Waals surface area contributed by atoms with Gasteiger partial charge in [-0.05, 0) is 38.2 Å². The minimum Gasteiger partial charge on any atom is -0.299 e. The van der Waals surface area contributed by atoms with Crippen molar-refractivity contribution in [1.82, 2.24) is 0 Å². The second-order valence-electron chi connectivity index (χ2n) is 3.08. The predicted molar refractivity (Wildman–Crippen MR) is 57.7 cm³/mol. The molecule has 1 heteroatoms. The Hall–Kier alpha value is -0.850. The summed E-state index contributed by atoms with van der Waals surface area (Å²) in [6.07, 6.45) is 15.9. The average molecular weight is 180 g/mol. The molecule has 0 N–H and O–H groups in total. The molecule has 0 aliphatic heterocycles. The number of carbonyl (C=O) groups excluding carboxylic acids is 1. The number of aldehydes is 1. The van der Waals surface area contributed by atoms with Crippen LogP contribution in [0.4, 0.5) is 0 Å². The Bertz CT molecular complexity index is 157. The highest BCUT2D eigenvalue weighted by Crippen LogP contribution is 2.04. The third-order valence-corrected chi connectivity index (χ3v) is 1.86. The molecule has 0 unspecified atom stereocenters. The summed E-state index contributed by atoms with van der Waals surface area (Å²) in [6.45, 7) is 2.15. The lowest BCUT2D eigenvalue weighted by Gasteiger charge is -1.94. The molecular formula is C12H20O. The Morgan fingerprint density at radius 3 is 2.23 bits per heavy atom. The highest BCUT2D eigenvalue weighted by atomic mass is 16.1. The Labute approximate surface area is 81.5 Å². The zero-order valence-electron chi connectivity index (χ0n) is 8.54. The van der Waals surface area contributed by atoms with Gasteiger partial charge in [0.25, 0.3) is 0 Å². The van der Waals surface area contributed by atoms with Crippen molar-refractivity contribution in [1.29, 1.82) is 0 Å². The Morgan fingerprint density at radius 2 is 1.62 bits per heavy atom. The van der Waals surface area contributed by atoms with E-state index in [4.69, 9.17) is 0 Å². The number of rotatable bonds is 8. The molecule has 0 spiro atoms. The van der Waals surface area contributed by atoms with Gasteiger partial charge in [-0.15, -0.1) is 0 Å². The van der Waals surface area contributed by atoms with Crippen molar-refractivity contribution in [3.63, 3.8) is 0 Å². The maximum Gasteiger partial charge on any atom is 0.142 e. The van der Waals surface area contributed by atoms with Crippen LogP contribution in [0.1, 0.15) is 45.4 Å². The Balaban J connectivity index is 3.03. The lowest BCUT2D eigenvalue weighted by Crippen LogP contribution is -1.75. The van der Waals surface area contributed by atoms with Crippen LogP contribution in [0, 0.1) is 0 Å². The van der Waals surface area contributed by atoms with Crippen molar-refractivity contribution in [3.8, 4) is 0 Å². The van der Waals surface area contributed by atoms with Crippen molar-refractivity contribution < 1.29 is 4.79 Å². The molecule has 0 aromatic heterocycles. The van der Waals surface area contributed by atoms with Gasteiger partial charge in [0.15, 0.2) is 0 Å². The molecule has 0 fully saturated rings. The van der Waals surface area contributed by atoms with Crippen LogP contribution < -0.4 is 0 Å². The van der Waals surface area contributed by atoms with Crippen molar-refractivity contribution >= 4 is 6.29 Å². The standard InChI is InChI=1S/C12H20O/c1-2-3-4-5-6-7-8-9-10-11-12-13/h3-4,10-12H,2,5-9H2,1H3. The molecule has 13 heavy (non-hydrogen) atoms. The number of hydrogen-bond acceptors (Lipinski definition) is 1. The van der Waals surface area contributed by atoms with Crippen molar-refractivity contribution in [2.75, 3.05) is 0 Å². The smallest absolute Gasteiger partial charge is 0.142 e. The molecular weight excluding hydrogens is 160 g/mol. The van der Waals surface area contributed by atoms with E-state index in [1.807, 2.05) is 6.08 Å². The maximum absolute atomic E-state index is 9.92. The third-order valence-electron chi connectivity index (χ3n) is 1.86. The van der Waals surface area contributed by atoms with E-state index in [1.54, 1.807) is 6.08 Å². The van der Waals surface area contributed by atoms with Crippen LogP contribution in [-0.2, 0) is 4.79 Å². The first kappa shape index (κ1) is 12.2. The minimum absolute atomic E-state index is 0.837. The fourth-order valence-electron chi connectivity index (χ4n) is 1.14. The first-order valence-electron chi connectivity index (χ1n) is 5.17. The summed E-state index contributed by atoms with van der Waals surface area (Å²) in [4.78, 5) is 9.92. The van der Waals surface area contributed by atoms with Gasteiger partial charge in [-0.2, -0.15) is 0 Å². The molecule has 0 aromatic rings. The van der Waals surface area contributed by atoms with E-state index < -0.39 is 0 Å². The molecule has 0 amide bonds. The van der Waals surface area contributed by atoms with E-state index in [0.717, 1.165) is 19.1 Å². The lowest BCUT2D eigenvalue weighted by molar-refractivity contribution is -0.104. The van der Waals surface area contributed by atoms with Crippen LogP contribution in [0.2, 0.25) is 0 Å². The van der Waals surface area contributed by atoms with Crippen molar-refractivity contribution in [2.45, 2.75) is 45.4 Å². The third kappa shape index (κ3) is 11.1. The molecule has 0 aromatic carbocycles. The van der Waals surface area contributed by atoms with Crippen LogP contribution in [0.5, 0.6) is 0 Å². The van der Waals surface area contributed by atoms with Crippen LogP contribution in [0.25, 0.3) is 0 Å². The fraction of sp³-hybridized carbons (Fsp3) is 0.583. The molecule has 0 radical (unpaired) electrons. The van der Waals surface area contributed by atoms with E-state index >= 15 is 0 Å². The van der Waals surface area contributed by atoms with Crippen LogP contribution >= 0.6 is 0 Å². The summed E-state index contributed by atoms with van der Waals surface area (Å²) >= 11 is 0. The first-order valence-corrected chi connectivity index (χ1v) is 5.17. The molecule has 0 aliphatic carbocycles. The van der Waals surface area contributed by atoms with E-state index in [0.29, 0.717) is 0 Å². The molecule has 74 valence electrons. The largest absolute Gasteiger partial charge is 0.299 e. The highest BCUT2D eigenvalue weighted by Gasteiger charge is 1.84. The summed E-state index contributed by atoms with van der Waals surface area (Å²) in [5.74, 6) is 0. The number of hydrogen-bond donors (Lipinski definition) is 0. The number of allylic oxidation sites excluding steroid dienone is 4. The van der Waals surface area contributed by atoms with Gasteiger partial charge in [-0.25, -0.2) is 0 Å². The molecule has 0 saturated carbocycles. The quantitative estimate of drug-likeness (QED) is 0.241. The van der Waals surface area contributed by atoms with Gasteiger partial charge < -0.3 is 0 Å². The van der Waals surface area contributed by atoms with E-state index in [9.17, 15) is 4.79 Å². The zero-order chi connectivity index (χ0) is 9.78. The minimum atomic E-state index is 0.837. The highest BCUT2D eigenvalue weighted by molar-refractivity contribution is 5.64. The van der Waals surface area contributed by atoms with Crippen molar-refractivity contribution in [3.05, 3.63) is 24.3 Å². The molecule has 1 nitrogen and oxygen atoms in total. The topological polar surface area (TPSA) is 17.1 Å². The Kier molecular flexibility index (Phi) is 10.4. The summed E-state index contributed by atoms with van der Waals surface area (Å²) in [7, 11) is 0. The van der Waals surface area contributed by atoms with E-state index in [1.165, 1.54) is 25.7 Å². The monoisotopic (exact) mass is 180 g/mol. The normalized spacial score (nSPS) is 11.5. The summed E-state index contributed by atoms with van der Waals surface area (Å²) < 4.78 is 0. The molecule has 0 rings (SSSR count). The van der Waals surface area contributed by atoms with Crippen LogP contribution in [-0.4, -0.2) is 6.29 Å². The Morgan fingerprint density at radius 1 is 0.923 bits per heavy atom. The summed E-state index contributed by atoms with van der Waals surface area (Å²) in [5, 5.41) is 0. The number of carbonyl (C=O) groups is 1. The van der Waals surface area contributed by atoms with Crippen molar-refractivity contribution in [2.24, 2.45) is 0 Å². The molecule has 0 atom stereocenters. The zero-order valence-corrected chi connectivity index (χ0v) is 8.54. The van der Waals surface area contributed by atoms with Gasteiger partial charge in [0.05, 0.1) is 0 Å². The molecule has 0 saturated heterocycles. The van der Waals surface area contributed by atoms with Crippen LogP contribution in [0.15, 0.2) is 24.3 Å². The molecule has 0 heterocycles. The predicted octanol–water partition coefficient (Wildman–Crippen LogP) is 3.66. The van der Waals surface area contributed by atoms with E-state index in [2.05, 4.69) is 19.1 Å². The van der Waals surface area contributed by atoms with Gasteiger partial charge in [-0.1, -0.05) is 31.6 Å². The summed E-state index contributed by atoms with van der Waals surface area (Å²) in [5.41, 5.74) is 0. The van der Waals surface area contributed by atoms with E-state index in [-0.39, 0.29) is 0 Å². The van der Waals surface area contributed by atoms with Gasteiger partial charge in [0, 0.05) is 0 Å². The van der Waals surface area contributed by atoms with Crippen LogP contribution in [0.3, 0.4) is 0 Å². The maximum atomic E-state index is 9.92. The molecule has 0 bridgehead atoms. The summed E-state index contributed by atoms with van der Waals surface area (Å²) in [6, 6.07) is 0. The first-order chi connectivity index (χ1) is 6.41. The van der Waals surface area contributed by atoms with Gasteiger partial charge in [-0.3, -0.25) is 4.79 Å². The van der Waals surface area contributed by atoms with Gasteiger partial charge in [0.2, 0.25) is 0 Å². The second-order valence-corrected chi connectivity index (χ2v) is 3.08. The lowest BCUT2D eigenvalue weighted by atomic mass is 10.1.